The fourth-order valence-electron chi connectivity index (χ4n) is 1.69. The van der Waals surface area contributed by atoms with Crippen molar-refractivity contribution in [3.63, 3.8) is 0 Å². The summed E-state index contributed by atoms with van der Waals surface area (Å²) >= 11 is 3.30. The molecule has 7 heteroatoms. The van der Waals surface area contributed by atoms with Crippen LogP contribution in [0.15, 0.2) is 39.8 Å². The third-order valence-electron chi connectivity index (χ3n) is 2.59. The van der Waals surface area contributed by atoms with E-state index in [4.69, 9.17) is 0 Å². The largest absolute Gasteiger partial charge is 0.279 e. The molecule has 1 aromatic carbocycles. The molecule has 0 atom stereocenters. The molecule has 1 aromatic heterocycles. The van der Waals surface area contributed by atoms with E-state index in [0.717, 1.165) is 4.47 Å². The van der Waals surface area contributed by atoms with E-state index >= 15 is 0 Å². The van der Waals surface area contributed by atoms with Crippen molar-refractivity contribution >= 4 is 31.6 Å². The first-order valence-electron chi connectivity index (χ1n) is 5.75. The average molecular weight is 344 g/mol. The van der Waals surface area contributed by atoms with Crippen LogP contribution in [0.4, 0.5) is 5.69 Å². The predicted octanol–water partition coefficient (Wildman–Crippen LogP) is 2.77. The minimum atomic E-state index is -3.60. The van der Waals surface area contributed by atoms with Crippen molar-refractivity contribution in [2.75, 3.05) is 4.72 Å². The zero-order chi connectivity index (χ0) is 14.0. The van der Waals surface area contributed by atoms with Gasteiger partial charge < -0.3 is 0 Å². The minimum Gasteiger partial charge on any atom is -0.279 e. The van der Waals surface area contributed by atoms with Gasteiger partial charge in [0.1, 0.15) is 4.90 Å². The Morgan fingerprint density at radius 3 is 2.74 bits per heavy atom. The second-order valence-corrected chi connectivity index (χ2v) is 6.62. The Balaban J connectivity index is 2.34. The highest BCUT2D eigenvalue weighted by Crippen LogP contribution is 2.21. The molecule has 0 fully saturated rings. The molecule has 2 rings (SSSR count). The number of halogens is 1. The highest BCUT2D eigenvalue weighted by atomic mass is 79.9. The van der Waals surface area contributed by atoms with Crippen molar-refractivity contribution in [1.82, 2.24) is 9.78 Å². The van der Waals surface area contributed by atoms with Gasteiger partial charge in [-0.05, 0) is 32.0 Å². The smallest absolute Gasteiger partial charge is 0.265 e. The van der Waals surface area contributed by atoms with E-state index in [0.29, 0.717) is 17.9 Å². The highest BCUT2D eigenvalue weighted by Gasteiger charge is 2.20. The number of nitrogens with one attached hydrogen (secondary N) is 1. The Kier molecular flexibility index (Phi) is 3.96. The Labute approximate surface area is 120 Å². The summed E-state index contributed by atoms with van der Waals surface area (Å²) in [6.45, 7) is 4.22. The molecule has 2 aromatic rings. The van der Waals surface area contributed by atoms with Gasteiger partial charge in [0.2, 0.25) is 0 Å². The monoisotopic (exact) mass is 343 g/mol. The van der Waals surface area contributed by atoms with Crippen LogP contribution in [0.25, 0.3) is 0 Å². The van der Waals surface area contributed by atoms with Gasteiger partial charge in [-0.3, -0.25) is 9.40 Å². The quantitative estimate of drug-likeness (QED) is 0.928. The third-order valence-corrected chi connectivity index (χ3v) is 4.57. The number of benzene rings is 1. The molecule has 0 aliphatic carbocycles. The molecule has 0 saturated carbocycles. The van der Waals surface area contributed by atoms with Crippen molar-refractivity contribution in [2.24, 2.45) is 0 Å². The molecule has 5 nitrogen and oxygen atoms in total. The number of anilines is 1. The molecular formula is C12H14BrN3O2S. The topological polar surface area (TPSA) is 64.0 Å². The molecule has 1 N–H and O–H groups in total. The molecule has 0 aliphatic rings. The fourth-order valence-corrected chi connectivity index (χ4v) is 3.32. The summed E-state index contributed by atoms with van der Waals surface area (Å²) in [5.74, 6) is 0. The van der Waals surface area contributed by atoms with E-state index in [9.17, 15) is 8.42 Å². The normalized spacial score (nSPS) is 11.5. The van der Waals surface area contributed by atoms with Gasteiger partial charge in [-0.15, -0.1) is 0 Å². The summed E-state index contributed by atoms with van der Waals surface area (Å²) in [7, 11) is -3.60. The third kappa shape index (κ3) is 3.16. The average Bonchev–Trinajstić information content (AvgIpc) is 2.71. The van der Waals surface area contributed by atoms with Crippen LogP contribution in [0.3, 0.4) is 0 Å². The maximum atomic E-state index is 12.3. The first-order chi connectivity index (χ1) is 8.92. The van der Waals surface area contributed by atoms with E-state index < -0.39 is 10.0 Å². The summed E-state index contributed by atoms with van der Waals surface area (Å²) in [5, 5.41) is 4.14. The van der Waals surface area contributed by atoms with Crippen LogP contribution in [-0.2, 0) is 16.6 Å². The van der Waals surface area contributed by atoms with Crippen LogP contribution in [-0.4, -0.2) is 18.2 Å². The number of hydrogen-bond acceptors (Lipinski definition) is 3. The Morgan fingerprint density at radius 2 is 2.16 bits per heavy atom. The Hall–Kier alpha value is -1.34. The van der Waals surface area contributed by atoms with E-state index in [1.807, 2.05) is 13.0 Å². The molecule has 0 amide bonds. The van der Waals surface area contributed by atoms with E-state index in [-0.39, 0.29) is 4.90 Å². The van der Waals surface area contributed by atoms with Gasteiger partial charge in [-0.2, -0.15) is 5.10 Å². The number of aryl methyl sites for hydroxylation is 2. The summed E-state index contributed by atoms with van der Waals surface area (Å²) < 4.78 is 29.5. The summed E-state index contributed by atoms with van der Waals surface area (Å²) in [4.78, 5) is 0.203. The van der Waals surface area contributed by atoms with Gasteiger partial charge in [0, 0.05) is 22.9 Å². The Morgan fingerprint density at radius 1 is 1.42 bits per heavy atom. The van der Waals surface area contributed by atoms with Gasteiger partial charge in [-0.1, -0.05) is 22.0 Å². The van der Waals surface area contributed by atoms with Gasteiger partial charge in [0.05, 0.1) is 5.69 Å². The van der Waals surface area contributed by atoms with Crippen LogP contribution in [0.5, 0.6) is 0 Å². The van der Waals surface area contributed by atoms with Crippen LogP contribution < -0.4 is 4.72 Å². The van der Waals surface area contributed by atoms with Crippen molar-refractivity contribution in [1.29, 1.82) is 0 Å². The first kappa shape index (κ1) is 14.1. The van der Waals surface area contributed by atoms with Crippen molar-refractivity contribution in [3.8, 4) is 0 Å². The molecule has 1 heterocycles. The number of aromatic nitrogens is 2. The molecular weight excluding hydrogens is 330 g/mol. The lowest BCUT2D eigenvalue weighted by Gasteiger charge is -2.07. The zero-order valence-electron chi connectivity index (χ0n) is 10.6. The number of sulfonamides is 1. The maximum Gasteiger partial charge on any atom is 0.265 e. The first-order valence-corrected chi connectivity index (χ1v) is 8.02. The van der Waals surface area contributed by atoms with Gasteiger partial charge in [0.15, 0.2) is 0 Å². The zero-order valence-corrected chi connectivity index (χ0v) is 13.0. The summed E-state index contributed by atoms with van der Waals surface area (Å²) in [6.07, 6.45) is 1.54. The lowest BCUT2D eigenvalue weighted by atomic mass is 10.3. The molecule has 0 bridgehead atoms. The summed E-state index contributed by atoms with van der Waals surface area (Å²) in [5.41, 5.74) is 1.00. The van der Waals surface area contributed by atoms with Crippen molar-refractivity contribution < 1.29 is 8.42 Å². The molecule has 0 saturated heterocycles. The molecule has 0 spiro atoms. The lowest BCUT2D eigenvalue weighted by Crippen LogP contribution is -2.13. The maximum absolute atomic E-state index is 12.3. The number of nitrogens with zero attached hydrogens (tertiary/aromatic N) is 2. The molecule has 0 radical (unpaired) electrons. The van der Waals surface area contributed by atoms with Crippen LogP contribution in [0, 0.1) is 6.92 Å². The molecule has 0 aliphatic heterocycles. The van der Waals surface area contributed by atoms with E-state index in [1.165, 1.54) is 6.20 Å². The van der Waals surface area contributed by atoms with Gasteiger partial charge >= 0.3 is 0 Å². The number of hydrogen-bond donors (Lipinski definition) is 1. The second-order valence-electron chi connectivity index (χ2n) is 4.05. The molecule has 102 valence electrons. The lowest BCUT2D eigenvalue weighted by molar-refractivity contribution is 0.600. The summed E-state index contributed by atoms with van der Waals surface area (Å²) in [6, 6.07) is 7.00. The highest BCUT2D eigenvalue weighted by molar-refractivity contribution is 9.10. The van der Waals surface area contributed by atoms with Crippen LogP contribution in [0.1, 0.15) is 12.6 Å². The van der Waals surface area contributed by atoms with E-state index in [2.05, 4.69) is 25.8 Å². The van der Waals surface area contributed by atoms with E-state index in [1.54, 1.807) is 29.8 Å². The second kappa shape index (κ2) is 5.34. The van der Waals surface area contributed by atoms with Crippen LogP contribution >= 0.6 is 15.9 Å². The predicted molar refractivity (Wildman–Crippen MR) is 77.6 cm³/mol. The molecule has 0 unspecified atom stereocenters. The standard InChI is InChI=1S/C12H14BrN3O2S/c1-3-16-8-12(9(2)14-16)19(17,18)15-11-6-4-5-10(13)7-11/h4-8,15H,3H2,1-2H3. The van der Waals surface area contributed by atoms with Gasteiger partial charge in [0.25, 0.3) is 10.0 Å². The van der Waals surface area contributed by atoms with Crippen LogP contribution in [0.2, 0.25) is 0 Å². The SMILES string of the molecule is CCn1cc(S(=O)(=O)Nc2cccc(Br)c2)c(C)n1. The Bertz CT molecular complexity index is 695. The number of rotatable bonds is 4. The van der Waals surface area contributed by atoms with Crippen molar-refractivity contribution in [2.45, 2.75) is 25.3 Å². The minimum absolute atomic E-state index is 0.203. The van der Waals surface area contributed by atoms with Crippen molar-refractivity contribution in [3.05, 3.63) is 40.6 Å². The molecule has 19 heavy (non-hydrogen) atoms. The van der Waals surface area contributed by atoms with Gasteiger partial charge in [-0.25, -0.2) is 8.42 Å². The fraction of sp³-hybridized carbons (Fsp3) is 0.250.